The van der Waals surface area contributed by atoms with Crippen LogP contribution < -0.4 is 10.2 Å². The van der Waals surface area contributed by atoms with Gasteiger partial charge < -0.3 is 10.2 Å². The van der Waals surface area contributed by atoms with E-state index in [9.17, 15) is 0 Å². The van der Waals surface area contributed by atoms with E-state index in [2.05, 4.69) is 53.7 Å². The molecular weight excluding hydrogens is 240 g/mol. The molecule has 2 nitrogen and oxygen atoms in total. The van der Waals surface area contributed by atoms with E-state index in [-0.39, 0.29) is 0 Å². The molecule has 0 amide bonds. The number of nitrogens with zero attached hydrogens (tertiary/aromatic N) is 1. The zero-order valence-corrected chi connectivity index (χ0v) is 11.8. The van der Waals surface area contributed by atoms with Crippen molar-refractivity contribution in [2.45, 2.75) is 32.4 Å². The highest BCUT2D eigenvalue weighted by atomic mass is 32.1. The van der Waals surface area contributed by atoms with Crippen molar-refractivity contribution >= 4 is 27.1 Å². The predicted molar refractivity (Wildman–Crippen MR) is 80.7 cm³/mol. The van der Waals surface area contributed by atoms with Crippen molar-refractivity contribution in [3.05, 3.63) is 29.6 Å². The van der Waals surface area contributed by atoms with Gasteiger partial charge in [-0.3, -0.25) is 0 Å². The summed E-state index contributed by atoms with van der Waals surface area (Å²) in [5.74, 6) is 0. The lowest BCUT2D eigenvalue weighted by Gasteiger charge is -2.20. The van der Waals surface area contributed by atoms with Crippen LogP contribution in [0.25, 0.3) is 10.1 Å². The standard InChI is InChI=1S/C15H20N2S/c1-11(2)16-13-5-7-17(10-13)14-3-4-15-12(9-14)6-8-18-15/h3-4,6,8-9,11,13,16H,5,7,10H2,1-2H3. The van der Waals surface area contributed by atoms with Gasteiger partial charge in [-0.05, 0) is 41.5 Å². The number of hydrogen-bond acceptors (Lipinski definition) is 3. The van der Waals surface area contributed by atoms with Crippen LogP contribution in [-0.4, -0.2) is 25.2 Å². The van der Waals surface area contributed by atoms with E-state index < -0.39 is 0 Å². The lowest BCUT2D eigenvalue weighted by molar-refractivity contribution is 0.492. The molecule has 1 aliphatic heterocycles. The molecule has 1 aliphatic rings. The first-order valence-electron chi connectivity index (χ1n) is 6.70. The van der Waals surface area contributed by atoms with E-state index in [1.54, 1.807) is 0 Å². The predicted octanol–water partition coefficient (Wildman–Crippen LogP) is 3.48. The molecule has 0 aliphatic carbocycles. The van der Waals surface area contributed by atoms with Crippen LogP contribution >= 0.6 is 11.3 Å². The maximum absolute atomic E-state index is 3.63. The molecule has 1 N–H and O–H groups in total. The second kappa shape index (κ2) is 4.90. The third-order valence-corrected chi connectivity index (χ3v) is 4.46. The molecule has 1 saturated heterocycles. The van der Waals surface area contributed by atoms with Crippen molar-refractivity contribution in [2.24, 2.45) is 0 Å². The van der Waals surface area contributed by atoms with Crippen LogP contribution in [0.4, 0.5) is 5.69 Å². The Morgan fingerprint density at radius 2 is 2.22 bits per heavy atom. The van der Waals surface area contributed by atoms with Gasteiger partial charge in [-0.1, -0.05) is 13.8 Å². The Labute approximate surface area is 113 Å². The Bertz CT molecular complexity index is 532. The van der Waals surface area contributed by atoms with Crippen LogP contribution in [0, 0.1) is 0 Å². The lowest BCUT2D eigenvalue weighted by atomic mass is 10.2. The average Bonchev–Trinajstić information content (AvgIpc) is 2.95. The Kier molecular flexibility index (Phi) is 3.27. The fraction of sp³-hybridized carbons (Fsp3) is 0.467. The molecule has 96 valence electrons. The van der Waals surface area contributed by atoms with Crippen LogP contribution in [0.1, 0.15) is 20.3 Å². The third-order valence-electron chi connectivity index (χ3n) is 3.56. The number of hydrogen-bond donors (Lipinski definition) is 1. The minimum atomic E-state index is 0.578. The van der Waals surface area contributed by atoms with Gasteiger partial charge in [0.2, 0.25) is 0 Å². The van der Waals surface area contributed by atoms with Crippen molar-refractivity contribution in [1.29, 1.82) is 0 Å². The summed E-state index contributed by atoms with van der Waals surface area (Å²) >= 11 is 1.82. The second-order valence-electron chi connectivity index (χ2n) is 5.40. The fourth-order valence-electron chi connectivity index (χ4n) is 2.75. The lowest BCUT2D eigenvalue weighted by Crippen LogP contribution is -2.36. The Balaban J connectivity index is 1.75. The van der Waals surface area contributed by atoms with Crippen molar-refractivity contribution in [2.75, 3.05) is 18.0 Å². The molecule has 1 fully saturated rings. The highest BCUT2D eigenvalue weighted by molar-refractivity contribution is 7.17. The van der Waals surface area contributed by atoms with Crippen LogP contribution in [0.2, 0.25) is 0 Å². The maximum atomic E-state index is 3.63. The van der Waals surface area contributed by atoms with Gasteiger partial charge in [0.25, 0.3) is 0 Å². The Hall–Kier alpha value is -1.06. The van der Waals surface area contributed by atoms with Gasteiger partial charge in [0.15, 0.2) is 0 Å². The number of rotatable bonds is 3. The minimum Gasteiger partial charge on any atom is -0.370 e. The molecular formula is C15H20N2S. The zero-order valence-electron chi connectivity index (χ0n) is 11.0. The quantitative estimate of drug-likeness (QED) is 0.909. The SMILES string of the molecule is CC(C)NC1CCN(c2ccc3sccc3c2)C1. The highest BCUT2D eigenvalue weighted by Gasteiger charge is 2.22. The normalized spacial score (nSPS) is 20.2. The van der Waals surface area contributed by atoms with E-state index in [0.717, 1.165) is 6.54 Å². The van der Waals surface area contributed by atoms with Crippen LogP contribution in [0.5, 0.6) is 0 Å². The molecule has 1 unspecified atom stereocenters. The molecule has 1 aromatic carbocycles. The Morgan fingerprint density at radius 1 is 1.33 bits per heavy atom. The van der Waals surface area contributed by atoms with Gasteiger partial charge in [-0.15, -0.1) is 11.3 Å². The molecule has 1 atom stereocenters. The highest BCUT2D eigenvalue weighted by Crippen LogP contribution is 2.28. The topological polar surface area (TPSA) is 15.3 Å². The maximum Gasteiger partial charge on any atom is 0.0373 e. The number of benzene rings is 1. The molecule has 3 rings (SSSR count). The largest absolute Gasteiger partial charge is 0.370 e. The number of anilines is 1. The first-order valence-corrected chi connectivity index (χ1v) is 7.58. The smallest absolute Gasteiger partial charge is 0.0373 e. The summed E-state index contributed by atoms with van der Waals surface area (Å²) in [7, 11) is 0. The molecule has 2 heterocycles. The van der Waals surface area contributed by atoms with Crippen LogP contribution in [0.3, 0.4) is 0 Å². The van der Waals surface area contributed by atoms with E-state index in [0.29, 0.717) is 12.1 Å². The molecule has 1 aromatic heterocycles. The van der Waals surface area contributed by atoms with E-state index in [4.69, 9.17) is 0 Å². The van der Waals surface area contributed by atoms with Crippen molar-refractivity contribution in [3.63, 3.8) is 0 Å². The molecule has 3 heteroatoms. The van der Waals surface area contributed by atoms with Gasteiger partial charge in [-0.25, -0.2) is 0 Å². The first kappa shape index (κ1) is 12.0. The molecule has 18 heavy (non-hydrogen) atoms. The van der Waals surface area contributed by atoms with Gasteiger partial charge in [0, 0.05) is 35.6 Å². The molecule has 0 bridgehead atoms. The minimum absolute atomic E-state index is 0.578. The fourth-order valence-corrected chi connectivity index (χ4v) is 3.52. The van der Waals surface area contributed by atoms with Gasteiger partial charge in [-0.2, -0.15) is 0 Å². The third kappa shape index (κ3) is 2.38. The molecule has 2 aromatic rings. The average molecular weight is 260 g/mol. The Morgan fingerprint density at radius 3 is 3.06 bits per heavy atom. The van der Waals surface area contributed by atoms with Crippen LogP contribution in [0.15, 0.2) is 29.6 Å². The van der Waals surface area contributed by atoms with E-state index >= 15 is 0 Å². The zero-order chi connectivity index (χ0) is 12.5. The van der Waals surface area contributed by atoms with Crippen molar-refractivity contribution in [1.82, 2.24) is 5.32 Å². The summed E-state index contributed by atoms with van der Waals surface area (Å²) in [6, 6.07) is 10.3. The summed E-state index contributed by atoms with van der Waals surface area (Å²) < 4.78 is 1.38. The van der Waals surface area contributed by atoms with Gasteiger partial charge >= 0.3 is 0 Å². The number of thiophene rings is 1. The first-order chi connectivity index (χ1) is 8.72. The number of nitrogens with one attached hydrogen (secondary N) is 1. The van der Waals surface area contributed by atoms with E-state index in [1.807, 2.05) is 11.3 Å². The monoisotopic (exact) mass is 260 g/mol. The van der Waals surface area contributed by atoms with Gasteiger partial charge in [0.05, 0.1) is 0 Å². The summed E-state index contributed by atoms with van der Waals surface area (Å²) in [6.07, 6.45) is 1.25. The second-order valence-corrected chi connectivity index (χ2v) is 6.34. The molecule has 0 spiro atoms. The van der Waals surface area contributed by atoms with Crippen LogP contribution in [-0.2, 0) is 0 Å². The summed E-state index contributed by atoms with van der Waals surface area (Å²) in [5.41, 5.74) is 1.37. The molecule has 0 radical (unpaired) electrons. The van der Waals surface area contributed by atoms with Crippen molar-refractivity contribution in [3.8, 4) is 0 Å². The van der Waals surface area contributed by atoms with Crippen molar-refractivity contribution < 1.29 is 0 Å². The van der Waals surface area contributed by atoms with E-state index in [1.165, 1.54) is 28.7 Å². The summed E-state index contributed by atoms with van der Waals surface area (Å²) in [5, 5.41) is 7.18. The molecule has 0 saturated carbocycles. The van der Waals surface area contributed by atoms with Gasteiger partial charge in [0.1, 0.15) is 0 Å². The number of fused-ring (bicyclic) bond motifs is 1. The summed E-state index contributed by atoms with van der Waals surface area (Å²) in [4.78, 5) is 2.50. The summed E-state index contributed by atoms with van der Waals surface area (Å²) in [6.45, 7) is 6.74.